The van der Waals surface area contributed by atoms with Gasteiger partial charge in [-0.1, -0.05) is 57.1 Å². The molecule has 0 spiro atoms. The van der Waals surface area contributed by atoms with Crippen LogP contribution in [0.25, 0.3) is 5.57 Å². The number of allylic oxidation sites excluding steroid dienone is 3. The lowest BCUT2D eigenvalue weighted by molar-refractivity contribution is 0.657. The molecule has 2 rings (SSSR count). The smallest absolute Gasteiger partial charge is 0.168 e. The fourth-order valence-electron chi connectivity index (χ4n) is 3.87. The van der Waals surface area contributed by atoms with E-state index in [1.54, 1.807) is 0 Å². The van der Waals surface area contributed by atoms with Gasteiger partial charge >= 0.3 is 0 Å². The largest absolute Gasteiger partial charge is 0.393 e. The number of hydrogen-bond donors (Lipinski definition) is 1. The molecular weight excluding hydrogens is 301 g/mol. The highest BCUT2D eigenvalue weighted by molar-refractivity contribution is 6.59. The van der Waals surface area contributed by atoms with Gasteiger partial charge in [-0.15, -0.1) is 6.58 Å². The molecule has 0 saturated heterocycles. The van der Waals surface area contributed by atoms with E-state index in [-0.39, 0.29) is 0 Å². The van der Waals surface area contributed by atoms with E-state index in [0.717, 1.165) is 44.8 Å². The third kappa shape index (κ3) is 5.39. The fourth-order valence-corrected chi connectivity index (χ4v) is 3.87. The first kappa shape index (κ1) is 19.6. The van der Waals surface area contributed by atoms with Gasteiger partial charge in [0.25, 0.3) is 0 Å². The molecule has 0 aliphatic carbocycles. The monoisotopic (exact) mass is 335 g/mol. The SMILES string of the molecule is C=C(C)CCCC(=C)c1cccc2c1CB(C)[C@@H](NC(=C)CCC)C2. The Morgan fingerprint density at radius 3 is 2.64 bits per heavy atom. The Morgan fingerprint density at radius 1 is 1.20 bits per heavy atom. The molecule has 0 radical (unpaired) electrons. The Kier molecular flexibility index (Phi) is 7.17. The second-order valence-corrected chi connectivity index (χ2v) is 7.85. The highest BCUT2D eigenvalue weighted by atomic mass is 14.9. The van der Waals surface area contributed by atoms with Gasteiger partial charge in [0.2, 0.25) is 0 Å². The van der Waals surface area contributed by atoms with Crippen LogP contribution in [-0.2, 0) is 12.7 Å². The molecule has 0 saturated carbocycles. The lowest BCUT2D eigenvalue weighted by atomic mass is 9.39. The van der Waals surface area contributed by atoms with Gasteiger partial charge in [0, 0.05) is 11.6 Å². The highest BCUT2D eigenvalue weighted by Gasteiger charge is 2.29. The highest BCUT2D eigenvalue weighted by Crippen LogP contribution is 2.31. The van der Waals surface area contributed by atoms with Crippen LogP contribution in [0.15, 0.2) is 49.2 Å². The minimum atomic E-state index is 0.499. The molecule has 1 N–H and O–H groups in total. The van der Waals surface area contributed by atoms with Crippen molar-refractivity contribution < 1.29 is 0 Å². The van der Waals surface area contributed by atoms with Gasteiger partial charge < -0.3 is 5.32 Å². The van der Waals surface area contributed by atoms with E-state index in [1.165, 1.54) is 33.5 Å². The Bertz CT molecular complexity index is 643. The molecule has 0 amide bonds. The first-order valence-electron chi connectivity index (χ1n) is 9.80. The molecule has 1 aromatic carbocycles. The fraction of sp³-hybridized carbons (Fsp3) is 0.478. The summed E-state index contributed by atoms with van der Waals surface area (Å²) in [5.41, 5.74) is 8.12. The van der Waals surface area contributed by atoms with E-state index >= 15 is 0 Å². The van der Waals surface area contributed by atoms with Gasteiger partial charge in [0.15, 0.2) is 6.71 Å². The molecule has 2 heteroatoms. The number of rotatable bonds is 9. The van der Waals surface area contributed by atoms with Crippen molar-refractivity contribution in [2.45, 2.75) is 71.5 Å². The topological polar surface area (TPSA) is 12.0 Å². The molecule has 1 aliphatic rings. The number of hydrogen-bond acceptors (Lipinski definition) is 1. The zero-order valence-corrected chi connectivity index (χ0v) is 16.5. The van der Waals surface area contributed by atoms with Gasteiger partial charge in [-0.2, -0.15) is 0 Å². The van der Waals surface area contributed by atoms with Gasteiger partial charge in [-0.25, -0.2) is 0 Å². The van der Waals surface area contributed by atoms with Crippen molar-refractivity contribution in [3.8, 4) is 0 Å². The van der Waals surface area contributed by atoms with Crippen LogP contribution in [0, 0.1) is 0 Å². The minimum absolute atomic E-state index is 0.499. The van der Waals surface area contributed by atoms with Gasteiger partial charge in [-0.05, 0) is 67.6 Å². The maximum Gasteiger partial charge on any atom is 0.168 e. The van der Waals surface area contributed by atoms with Crippen LogP contribution < -0.4 is 5.32 Å². The normalized spacial score (nSPS) is 16.3. The van der Waals surface area contributed by atoms with Crippen molar-refractivity contribution in [3.05, 3.63) is 65.9 Å². The van der Waals surface area contributed by atoms with Crippen molar-refractivity contribution >= 4 is 12.3 Å². The number of fused-ring (bicyclic) bond motifs is 1. The summed E-state index contributed by atoms with van der Waals surface area (Å²) in [7, 11) is 0. The summed E-state index contributed by atoms with van der Waals surface area (Å²) >= 11 is 0. The van der Waals surface area contributed by atoms with Crippen LogP contribution in [0.3, 0.4) is 0 Å². The lowest BCUT2D eigenvalue weighted by Gasteiger charge is -2.32. The average molecular weight is 335 g/mol. The van der Waals surface area contributed by atoms with Crippen molar-refractivity contribution in [2.75, 3.05) is 0 Å². The summed E-state index contributed by atoms with van der Waals surface area (Å²) in [6.07, 6.45) is 7.73. The van der Waals surface area contributed by atoms with Crippen LogP contribution in [0.1, 0.15) is 62.6 Å². The Morgan fingerprint density at radius 2 is 1.96 bits per heavy atom. The van der Waals surface area contributed by atoms with Crippen LogP contribution in [0.5, 0.6) is 0 Å². The quantitative estimate of drug-likeness (QED) is 0.430. The molecule has 1 aromatic rings. The maximum atomic E-state index is 4.39. The van der Waals surface area contributed by atoms with Crippen molar-refractivity contribution in [1.29, 1.82) is 0 Å². The van der Waals surface area contributed by atoms with E-state index < -0.39 is 0 Å². The molecule has 1 aliphatic heterocycles. The molecule has 134 valence electrons. The molecule has 0 unspecified atom stereocenters. The van der Waals surface area contributed by atoms with E-state index in [9.17, 15) is 0 Å². The third-order valence-corrected chi connectivity index (χ3v) is 5.33. The van der Waals surface area contributed by atoms with Crippen LogP contribution in [0.4, 0.5) is 0 Å². The summed E-state index contributed by atoms with van der Waals surface area (Å²) in [5, 5.41) is 3.68. The first-order chi connectivity index (χ1) is 11.9. The Balaban J connectivity index is 2.10. The maximum absolute atomic E-state index is 4.39. The van der Waals surface area contributed by atoms with Crippen molar-refractivity contribution in [3.63, 3.8) is 0 Å². The van der Waals surface area contributed by atoms with Gasteiger partial charge in [-0.3, -0.25) is 0 Å². The van der Waals surface area contributed by atoms with E-state index in [0.29, 0.717) is 12.7 Å². The summed E-state index contributed by atoms with van der Waals surface area (Å²) < 4.78 is 0. The van der Waals surface area contributed by atoms with Crippen LogP contribution >= 0.6 is 0 Å². The number of nitrogens with one attached hydrogen (secondary N) is 1. The van der Waals surface area contributed by atoms with Gasteiger partial charge in [0.05, 0.1) is 0 Å². The average Bonchev–Trinajstić information content (AvgIpc) is 2.54. The van der Waals surface area contributed by atoms with E-state index in [2.05, 4.69) is 63.9 Å². The Labute approximate surface area is 155 Å². The van der Waals surface area contributed by atoms with E-state index in [1.807, 2.05) is 0 Å². The van der Waals surface area contributed by atoms with Crippen LogP contribution in [0.2, 0.25) is 6.82 Å². The molecule has 0 fully saturated rings. The number of benzene rings is 1. The van der Waals surface area contributed by atoms with E-state index in [4.69, 9.17) is 0 Å². The molecule has 0 bridgehead atoms. The lowest BCUT2D eigenvalue weighted by Crippen LogP contribution is -2.47. The summed E-state index contributed by atoms with van der Waals surface area (Å²) in [6, 6.07) is 6.76. The summed E-state index contributed by atoms with van der Waals surface area (Å²) in [5.74, 6) is 0.499. The second kappa shape index (κ2) is 9.13. The second-order valence-electron chi connectivity index (χ2n) is 7.85. The Hall–Kier alpha value is -1.70. The molecule has 1 atom stereocenters. The molecule has 1 nitrogen and oxygen atoms in total. The predicted molar refractivity (Wildman–Crippen MR) is 114 cm³/mol. The first-order valence-corrected chi connectivity index (χ1v) is 9.80. The van der Waals surface area contributed by atoms with Crippen LogP contribution in [-0.4, -0.2) is 12.7 Å². The zero-order chi connectivity index (χ0) is 18.4. The standard InChI is InChI=1S/C23H34BN/c1-7-10-19(5)25-23-15-20-13-9-14-21(22(20)16-24(23)6)18(4)12-8-11-17(2)3/h9,13-14,23,25H,2,4-5,7-8,10-12,15-16H2,1,3,6H3/t23-/m0/s1. The van der Waals surface area contributed by atoms with Crippen molar-refractivity contribution in [2.24, 2.45) is 0 Å². The predicted octanol–water partition coefficient (Wildman–Crippen LogP) is 6.02. The third-order valence-electron chi connectivity index (χ3n) is 5.33. The summed E-state index contributed by atoms with van der Waals surface area (Å²) in [6.45, 7) is 19.9. The molecule has 1 heterocycles. The molecular formula is C23H34BN. The van der Waals surface area contributed by atoms with Crippen molar-refractivity contribution in [1.82, 2.24) is 5.32 Å². The van der Waals surface area contributed by atoms with Gasteiger partial charge in [0.1, 0.15) is 0 Å². The summed E-state index contributed by atoms with van der Waals surface area (Å²) in [4.78, 5) is 0. The molecule has 25 heavy (non-hydrogen) atoms. The minimum Gasteiger partial charge on any atom is -0.393 e. The molecule has 0 aromatic heterocycles. The zero-order valence-electron chi connectivity index (χ0n) is 16.5.